The molecule has 0 aliphatic heterocycles. The van der Waals surface area contributed by atoms with E-state index in [2.05, 4.69) is 10.3 Å². The quantitative estimate of drug-likeness (QED) is 0.324. The highest BCUT2D eigenvalue weighted by Gasteiger charge is 2.18. The number of hydrogen-bond donors (Lipinski definition) is 1. The van der Waals surface area contributed by atoms with E-state index < -0.39 is 11.5 Å². The second-order valence-corrected chi connectivity index (χ2v) is 8.03. The molecule has 7 nitrogen and oxygen atoms in total. The normalized spacial score (nSPS) is 11.2. The van der Waals surface area contributed by atoms with Gasteiger partial charge in [-0.25, -0.2) is 0 Å². The van der Waals surface area contributed by atoms with Crippen LogP contribution in [0, 0.1) is 25.2 Å². The van der Waals surface area contributed by atoms with Gasteiger partial charge in [-0.2, -0.15) is 10.2 Å². The number of rotatable bonds is 7. The smallest absolute Gasteiger partial charge is 0.269 e. The number of nitriles is 1. The largest absolute Gasteiger partial charge is 0.438 e. The minimum Gasteiger partial charge on any atom is -0.438 e. The molecule has 0 aliphatic rings. The Kier molecular flexibility index (Phi) is 7.03. The Labute approximate surface area is 203 Å². The second kappa shape index (κ2) is 10.5. The fraction of sp³-hybridized carbons (Fsp3) is 0.143. The van der Waals surface area contributed by atoms with Crippen LogP contribution in [0.4, 0.5) is 0 Å². The van der Waals surface area contributed by atoms with E-state index in [9.17, 15) is 14.9 Å². The van der Waals surface area contributed by atoms with Gasteiger partial charge in [0.2, 0.25) is 5.88 Å². The van der Waals surface area contributed by atoms with Gasteiger partial charge in [-0.1, -0.05) is 48.5 Å². The lowest BCUT2D eigenvalue weighted by molar-refractivity contribution is -0.117. The summed E-state index contributed by atoms with van der Waals surface area (Å²) in [6.45, 7) is 4.22. The number of aryl methyl sites for hydroxylation is 1. The standard InChI is InChI=1S/C28H24N4O3/c1-19-9-8-12-24(20(19)2)35-27-23(28(34)32-16-7-6-13-25(32)31-27)17-22(18-29)26(33)30-15-14-21-10-4-3-5-11-21/h3-13,16-17H,14-15H2,1-2H3,(H,30,33)/b22-17+. The van der Waals surface area contributed by atoms with Crippen LogP contribution in [0.15, 0.2) is 83.3 Å². The predicted molar refractivity (Wildman–Crippen MR) is 134 cm³/mol. The fourth-order valence-corrected chi connectivity index (χ4v) is 3.58. The number of nitrogens with zero attached hydrogens (tertiary/aromatic N) is 3. The summed E-state index contributed by atoms with van der Waals surface area (Å²) in [5, 5.41) is 12.4. The van der Waals surface area contributed by atoms with Crippen molar-refractivity contribution < 1.29 is 9.53 Å². The molecule has 7 heteroatoms. The Hall–Kier alpha value is -4.70. The van der Waals surface area contributed by atoms with Gasteiger partial charge in [0.25, 0.3) is 11.5 Å². The molecule has 2 aromatic heterocycles. The Morgan fingerprint density at radius 2 is 1.86 bits per heavy atom. The van der Waals surface area contributed by atoms with E-state index in [1.165, 1.54) is 10.5 Å². The summed E-state index contributed by atoms with van der Waals surface area (Å²) in [5.41, 5.74) is 2.74. The van der Waals surface area contributed by atoms with Crippen LogP contribution in [0.25, 0.3) is 11.7 Å². The molecule has 0 fully saturated rings. The number of fused-ring (bicyclic) bond motifs is 1. The maximum absolute atomic E-state index is 13.3. The Morgan fingerprint density at radius 1 is 1.09 bits per heavy atom. The monoisotopic (exact) mass is 464 g/mol. The molecule has 4 rings (SSSR count). The van der Waals surface area contributed by atoms with Crippen molar-refractivity contribution in [2.45, 2.75) is 20.3 Å². The van der Waals surface area contributed by atoms with Crippen molar-refractivity contribution in [3.05, 3.63) is 111 Å². The first-order chi connectivity index (χ1) is 17.0. The van der Waals surface area contributed by atoms with Gasteiger partial charge in [-0.3, -0.25) is 14.0 Å². The van der Waals surface area contributed by atoms with Crippen LogP contribution in [0.2, 0.25) is 0 Å². The molecule has 35 heavy (non-hydrogen) atoms. The van der Waals surface area contributed by atoms with Crippen molar-refractivity contribution in [2.24, 2.45) is 0 Å². The number of hydrogen-bond acceptors (Lipinski definition) is 5. The van der Waals surface area contributed by atoms with E-state index in [1.54, 1.807) is 30.5 Å². The maximum atomic E-state index is 13.3. The number of carbonyl (C=O) groups excluding carboxylic acids is 1. The molecule has 0 unspecified atom stereocenters. The van der Waals surface area contributed by atoms with E-state index in [-0.39, 0.29) is 17.0 Å². The molecule has 0 atom stereocenters. The lowest BCUT2D eigenvalue weighted by Gasteiger charge is -2.13. The number of nitrogens with one attached hydrogen (secondary N) is 1. The second-order valence-electron chi connectivity index (χ2n) is 8.03. The van der Waals surface area contributed by atoms with Gasteiger partial charge in [0.15, 0.2) is 0 Å². The molecule has 0 radical (unpaired) electrons. The van der Waals surface area contributed by atoms with Gasteiger partial charge in [0.05, 0.1) is 0 Å². The van der Waals surface area contributed by atoms with Crippen molar-refractivity contribution in [2.75, 3.05) is 6.54 Å². The Bertz CT molecular complexity index is 1520. The van der Waals surface area contributed by atoms with E-state index in [0.717, 1.165) is 16.7 Å². The van der Waals surface area contributed by atoms with Crippen LogP contribution in [0.1, 0.15) is 22.3 Å². The average molecular weight is 465 g/mol. The van der Waals surface area contributed by atoms with Gasteiger partial charge in [0, 0.05) is 12.7 Å². The third-order valence-corrected chi connectivity index (χ3v) is 5.69. The zero-order valence-electron chi connectivity index (χ0n) is 19.5. The third kappa shape index (κ3) is 5.28. The SMILES string of the molecule is Cc1cccc(Oc2nc3ccccn3c(=O)c2/C=C(\C#N)C(=O)NCCc2ccccc2)c1C. The van der Waals surface area contributed by atoms with Crippen LogP contribution in [-0.2, 0) is 11.2 Å². The first kappa shape index (κ1) is 23.5. The lowest BCUT2D eigenvalue weighted by atomic mass is 10.1. The summed E-state index contributed by atoms with van der Waals surface area (Å²) in [6.07, 6.45) is 3.44. The van der Waals surface area contributed by atoms with Crippen LogP contribution in [0.5, 0.6) is 11.6 Å². The van der Waals surface area contributed by atoms with Gasteiger partial charge in [0.1, 0.15) is 28.6 Å². The molecule has 2 aromatic carbocycles. The van der Waals surface area contributed by atoms with Crippen LogP contribution >= 0.6 is 0 Å². The zero-order valence-corrected chi connectivity index (χ0v) is 19.5. The van der Waals surface area contributed by atoms with Gasteiger partial charge in [-0.05, 0) is 61.2 Å². The summed E-state index contributed by atoms with van der Waals surface area (Å²) in [6, 6.07) is 22.4. The summed E-state index contributed by atoms with van der Waals surface area (Å²) >= 11 is 0. The van der Waals surface area contributed by atoms with Crippen LogP contribution < -0.4 is 15.6 Å². The molecule has 0 saturated heterocycles. The predicted octanol–water partition coefficient (Wildman–Crippen LogP) is 4.37. The molecule has 1 amide bonds. The molecule has 4 aromatic rings. The van der Waals surface area contributed by atoms with Crippen LogP contribution in [0.3, 0.4) is 0 Å². The molecule has 0 aliphatic carbocycles. The Balaban J connectivity index is 1.70. The summed E-state index contributed by atoms with van der Waals surface area (Å²) in [7, 11) is 0. The van der Waals surface area contributed by atoms with E-state index in [0.29, 0.717) is 24.4 Å². The minimum atomic E-state index is -0.571. The lowest BCUT2D eigenvalue weighted by Crippen LogP contribution is -2.27. The van der Waals surface area contributed by atoms with Crippen molar-refractivity contribution in [1.29, 1.82) is 5.26 Å². The van der Waals surface area contributed by atoms with Crippen molar-refractivity contribution in [3.63, 3.8) is 0 Å². The molecule has 0 bridgehead atoms. The first-order valence-electron chi connectivity index (χ1n) is 11.2. The van der Waals surface area contributed by atoms with Gasteiger partial charge < -0.3 is 10.1 Å². The Morgan fingerprint density at radius 3 is 2.63 bits per heavy atom. The average Bonchev–Trinajstić information content (AvgIpc) is 2.87. The highest BCUT2D eigenvalue weighted by Crippen LogP contribution is 2.28. The number of amides is 1. The topological polar surface area (TPSA) is 96.5 Å². The molecular weight excluding hydrogens is 440 g/mol. The number of carbonyl (C=O) groups is 1. The maximum Gasteiger partial charge on any atom is 0.269 e. The van der Waals surface area contributed by atoms with E-state index in [4.69, 9.17) is 4.74 Å². The van der Waals surface area contributed by atoms with E-state index in [1.807, 2.05) is 62.4 Å². The zero-order chi connectivity index (χ0) is 24.8. The third-order valence-electron chi connectivity index (χ3n) is 5.69. The summed E-state index contributed by atoms with van der Waals surface area (Å²) in [5.74, 6) is -0.00365. The first-order valence-corrected chi connectivity index (χ1v) is 11.2. The molecule has 1 N–H and O–H groups in total. The summed E-state index contributed by atoms with van der Waals surface area (Å²) < 4.78 is 7.42. The molecule has 2 heterocycles. The van der Waals surface area contributed by atoms with E-state index >= 15 is 0 Å². The van der Waals surface area contributed by atoms with Gasteiger partial charge in [-0.15, -0.1) is 0 Å². The number of benzene rings is 2. The fourth-order valence-electron chi connectivity index (χ4n) is 3.58. The number of aromatic nitrogens is 2. The molecule has 174 valence electrons. The summed E-state index contributed by atoms with van der Waals surface area (Å²) in [4.78, 5) is 30.6. The van der Waals surface area contributed by atoms with Crippen molar-refractivity contribution in [1.82, 2.24) is 14.7 Å². The highest BCUT2D eigenvalue weighted by molar-refractivity contribution is 6.01. The van der Waals surface area contributed by atoms with Crippen LogP contribution in [-0.4, -0.2) is 21.8 Å². The number of pyridine rings is 1. The molecule has 0 spiro atoms. The molecule has 0 saturated carbocycles. The van der Waals surface area contributed by atoms with Gasteiger partial charge >= 0.3 is 0 Å². The van der Waals surface area contributed by atoms with Crippen molar-refractivity contribution >= 4 is 17.6 Å². The van der Waals surface area contributed by atoms with Crippen molar-refractivity contribution in [3.8, 4) is 17.7 Å². The molecular formula is C28H24N4O3. The highest BCUT2D eigenvalue weighted by atomic mass is 16.5. The number of ether oxygens (including phenoxy) is 1. The minimum absolute atomic E-state index is 0.0179.